The smallest absolute Gasteiger partial charge is 0.394 e. The van der Waals surface area contributed by atoms with Crippen molar-refractivity contribution in [2.24, 2.45) is 0 Å². The summed E-state index contributed by atoms with van der Waals surface area (Å²) in [6.45, 7) is 0.751. The van der Waals surface area contributed by atoms with Gasteiger partial charge in [0.15, 0.2) is 0 Å². The van der Waals surface area contributed by atoms with E-state index in [4.69, 9.17) is 11.5 Å². The van der Waals surface area contributed by atoms with Gasteiger partial charge in [0.2, 0.25) is 0 Å². The molecule has 0 saturated carbocycles. The van der Waals surface area contributed by atoms with Gasteiger partial charge in [0, 0.05) is 13.1 Å². The predicted octanol–water partition coefficient (Wildman–Crippen LogP) is 4.47. The van der Waals surface area contributed by atoms with E-state index in [-0.39, 0.29) is 17.2 Å². The Balaban J connectivity index is 2.05. The van der Waals surface area contributed by atoms with Gasteiger partial charge in [-0.05, 0) is 17.2 Å². The Morgan fingerprint density at radius 3 is 1.74 bits per heavy atom. The molecule has 0 bridgehead atoms. The fourth-order valence-electron chi connectivity index (χ4n) is 2.80. The van der Waals surface area contributed by atoms with E-state index in [1.807, 2.05) is 60.7 Å². The molecule has 0 aliphatic heterocycles. The third-order valence-corrected chi connectivity index (χ3v) is 4.13. The van der Waals surface area contributed by atoms with Crippen LogP contribution in [0.5, 0.6) is 0 Å². The van der Waals surface area contributed by atoms with Gasteiger partial charge in [0.25, 0.3) is 0 Å². The second kappa shape index (κ2) is 7.57. The molecule has 0 unspecified atom stereocenters. The van der Waals surface area contributed by atoms with E-state index in [1.165, 1.54) is 0 Å². The third kappa shape index (κ3) is 4.49. The third-order valence-electron chi connectivity index (χ3n) is 4.13. The van der Waals surface area contributed by atoms with Crippen LogP contribution in [0.1, 0.15) is 16.8 Å². The number of hydrogen-bond donors (Lipinski definition) is 2. The first kappa shape index (κ1) is 18.6. The highest BCUT2D eigenvalue weighted by Gasteiger charge is 2.34. The lowest BCUT2D eigenvalue weighted by Crippen LogP contribution is -2.25. The Morgan fingerprint density at radius 2 is 1.30 bits per heavy atom. The number of hydrogen-bond acceptors (Lipinski definition) is 4. The van der Waals surface area contributed by atoms with Crippen molar-refractivity contribution in [1.29, 1.82) is 0 Å². The fraction of sp³-hybridized carbons (Fsp3) is 0.150. The molecule has 0 aliphatic carbocycles. The minimum absolute atomic E-state index is 0.0369. The standard InChI is InChI=1S/C20H19F3N4/c21-20(22,23)17-11-16(18(24)19(25)26-17)27(12-14-7-3-1-4-8-14)13-15-9-5-2-6-10-15/h1-11H,12-13,24H2,(H2,25,26). The fourth-order valence-corrected chi connectivity index (χ4v) is 2.80. The molecule has 1 heterocycles. The van der Waals surface area contributed by atoms with Crippen LogP contribution in [0, 0.1) is 0 Å². The first-order valence-electron chi connectivity index (χ1n) is 8.30. The average Bonchev–Trinajstić information content (AvgIpc) is 2.64. The zero-order valence-electron chi connectivity index (χ0n) is 14.4. The van der Waals surface area contributed by atoms with E-state index in [0.717, 1.165) is 17.2 Å². The highest BCUT2D eigenvalue weighted by molar-refractivity contribution is 5.77. The zero-order valence-corrected chi connectivity index (χ0v) is 14.4. The molecule has 1 aromatic heterocycles. The van der Waals surface area contributed by atoms with Crippen molar-refractivity contribution >= 4 is 17.2 Å². The van der Waals surface area contributed by atoms with Crippen molar-refractivity contribution in [3.8, 4) is 0 Å². The molecule has 7 heteroatoms. The summed E-state index contributed by atoms with van der Waals surface area (Å²) < 4.78 is 39.7. The molecular weight excluding hydrogens is 353 g/mol. The lowest BCUT2D eigenvalue weighted by molar-refractivity contribution is -0.141. The molecule has 0 spiro atoms. The number of anilines is 3. The van der Waals surface area contributed by atoms with Crippen LogP contribution in [0.3, 0.4) is 0 Å². The van der Waals surface area contributed by atoms with Crippen molar-refractivity contribution in [3.63, 3.8) is 0 Å². The molecule has 140 valence electrons. The Bertz CT molecular complexity index is 855. The van der Waals surface area contributed by atoms with Crippen molar-refractivity contribution in [2.75, 3.05) is 16.4 Å². The maximum atomic E-state index is 13.2. The van der Waals surface area contributed by atoms with E-state index >= 15 is 0 Å². The van der Waals surface area contributed by atoms with Crippen LogP contribution in [0.15, 0.2) is 66.7 Å². The largest absolute Gasteiger partial charge is 0.433 e. The van der Waals surface area contributed by atoms with Gasteiger partial charge in [-0.3, -0.25) is 0 Å². The lowest BCUT2D eigenvalue weighted by atomic mass is 10.1. The number of aromatic nitrogens is 1. The highest BCUT2D eigenvalue weighted by Crippen LogP contribution is 2.36. The van der Waals surface area contributed by atoms with Gasteiger partial charge in [-0.25, -0.2) is 4.98 Å². The number of nitrogens with zero attached hydrogens (tertiary/aromatic N) is 2. The van der Waals surface area contributed by atoms with E-state index < -0.39 is 11.9 Å². The second-order valence-corrected chi connectivity index (χ2v) is 6.15. The summed E-state index contributed by atoms with van der Waals surface area (Å²) in [6.07, 6.45) is -4.61. The minimum Gasteiger partial charge on any atom is -0.394 e. The van der Waals surface area contributed by atoms with Crippen LogP contribution in [0.25, 0.3) is 0 Å². The summed E-state index contributed by atoms with van der Waals surface area (Å²) in [6, 6.07) is 19.8. The quantitative estimate of drug-likeness (QED) is 0.693. The molecule has 4 N–H and O–H groups in total. The number of benzene rings is 2. The molecular formula is C20H19F3N4. The first-order chi connectivity index (χ1) is 12.8. The van der Waals surface area contributed by atoms with Crippen LogP contribution in [-0.4, -0.2) is 4.98 Å². The van der Waals surface area contributed by atoms with Crippen molar-refractivity contribution in [3.05, 3.63) is 83.6 Å². The first-order valence-corrected chi connectivity index (χ1v) is 8.30. The van der Waals surface area contributed by atoms with Crippen LogP contribution >= 0.6 is 0 Å². The molecule has 3 aromatic rings. The van der Waals surface area contributed by atoms with Crippen LogP contribution < -0.4 is 16.4 Å². The van der Waals surface area contributed by atoms with E-state index in [2.05, 4.69) is 4.98 Å². The zero-order chi connectivity index (χ0) is 19.4. The number of pyridine rings is 1. The van der Waals surface area contributed by atoms with Crippen molar-refractivity contribution < 1.29 is 13.2 Å². The molecule has 0 saturated heterocycles. The highest BCUT2D eigenvalue weighted by atomic mass is 19.4. The summed E-state index contributed by atoms with van der Waals surface area (Å²) in [5, 5.41) is 0. The molecule has 0 atom stereocenters. The average molecular weight is 372 g/mol. The minimum atomic E-state index is -4.61. The van der Waals surface area contributed by atoms with Crippen molar-refractivity contribution in [2.45, 2.75) is 19.3 Å². The van der Waals surface area contributed by atoms with Crippen LogP contribution in [0.4, 0.5) is 30.4 Å². The number of halogens is 3. The molecule has 27 heavy (non-hydrogen) atoms. The monoisotopic (exact) mass is 372 g/mol. The molecule has 2 aromatic carbocycles. The Kier molecular flexibility index (Phi) is 5.21. The molecule has 0 radical (unpaired) electrons. The normalized spacial score (nSPS) is 11.4. The van der Waals surface area contributed by atoms with Gasteiger partial charge in [-0.15, -0.1) is 0 Å². The Labute approximate surface area is 155 Å². The topological polar surface area (TPSA) is 68.2 Å². The number of nitrogen functional groups attached to an aromatic ring is 2. The van der Waals surface area contributed by atoms with Crippen LogP contribution in [0.2, 0.25) is 0 Å². The summed E-state index contributed by atoms with van der Waals surface area (Å²) in [7, 11) is 0. The number of nitrogens with two attached hydrogens (primary N) is 2. The summed E-state index contributed by atoms with van der Waals surface area (Å²) >= 11 is 0. The predicted molar refractivity (Wildman–Crippen MR) is 101 cm³/mol. The Hall–Kier alpha value is -3.22. The Morgan fingerprint density at radius 1 is 0.815 bits per heavy atom. The number of alkyl halides is 3. The number of rotatable bonds is 5. The van der Waals surface area contributed by atoms with Gasteiger partial charge in [0.05, 0.1) is 11.4 Å². The summed E-state index contributed by atoms with van der Waals surface area (Å²) in [5.74, 6) is -0.328. The molecule has 0 fully saturated rings. The molecule has 0 amide bonds. The van der Waals surface area contributed by atoms with E-state index in [0.29, 0.717) is 13.1 Å². The summed E-state index contributed by atoms with van der Waals surface area (Å²) in [4.78, 5) is 5.17. The van der Waals surface area contributed by atoms with Crippen LogP contribution in [-0.2, 0) is 19.3 Å². The summed E-state index contributed by atoms with van der Waals surface area (Å²) in [5.41, 5.74) is 12.8. The molecule has 0 aliphatic rings. The van der Waals surface area contributed by atoms with E-state index in [9.17, 15) is 13.2 Å². The van der Waals surface area contributed by atoms with Crippen molar-refractivity contribution in [1.82, 2.24) is 4.98 Å². The SMILES string of the molecule is Nc1nc(C(F)(F)F)cc(N(Cc2ccccc2)Cc2ccccc2)c1N. The van der Waals surface area contributed by atoms with Gasteiger partial charge < -0.3 is 16.4 Å². The van der Waals surface area contributed by atoms with E-state index in [1.54, 1.807) is 4.90 Å². The van der Waals surface area contributed by atoms with Gasteiger partial charge in [-0.1, -0.05) is 60.7 Å². The maximum absolute atomic E-state index is 13.2. The van der Waals surface area contributed by atoms with Gasteiger partial charge >= 0.3 is 6.18 Å². The molecule has 3 rings (SSSR count). The second-order valence-electron chi connectivity index (χ2n) is 6.15. The van der Waals surface area contributed by atoms with Gasteiger partial charge in [-0.2, -0.15) is 13.2 Å². The molecule has 4 nitrogen and oxygen atoms in total. The maximum Gasteiger partial charge on any atom is 0.433 e. The van der Waals surface area contributed by atoms with Gasteiger partial charge in [0.1, 0.15) is 11.5 Å². The lowest BCUT2D eigenvalue weighted by Gasteiger charge is -2.27.